The number of rotatable bonds is 4. The first kappa shape index (κ1) is 13.7. The van der Waals surface area contributed by atoms with Crippen molar-refractivity contribution in [3.63, 3.8) is 0 Å². The van der Waals surface area contributed by atoms with Crippen LogP contribution >= 0.6 is 0 Å². The van der Waals surface area contributed by atoms with Crippen LogP contribution in [0.2, 0.25) is 0 Å². The van der Waals surface area contributed by atoms with Crippen molar-refractivity contribution in [2.75, 3.05) is 6.61 Å². The highest BCUT2D eigenvalue weighted by molar-refractivity contribution is 5.25. The molecular weight excluding hydrogens is 204 g/mol. The maximum Gasteiger partial charge on any atom is 0.0645 e. The molecule has 0 radical (unpaired) electrons. The van der Waals surface area contributed by atoms with E-state index in [-0.39, 0.29) is 24.2 Å². The molecular formula is C13H24O3. The zero-order chi connectivity index (χ0) is 12.3. The summed E-state index contributed by atoms with van der Waals surface area (Å²) in [4.78, 5) is 0. The number of allylic oxidation sites excluding steroid dienone is 1. The molecule has 0 aliphatic heterocycles. The van der Waals surface area contributed by atoms with Crippen LogP contribution in [0.5, 0.6) is 0 Å². The molecule has 3 heteroatoms. The average molecular weight is 228 g/mol. The van der Waals surface area contributed by atoms with E-state index >= 15 is 0 Å². The zero-order valence-electron chi connectivity index (χ0n) is 10.5. The van der Waals surface area contributed by atoms with Gasteiger partial charge in [0, 0.05) is 0 Å². The Morgan fingerprint density at radius 2 is 2.06 bits per heavy atom. The van der Waals surface area contributed by atoms with E-state index in [0.29, 0.717) is 6.42 Å². The smallest absolute Gasteiger partial charge is 0.0645 e. The summed E-state index contributed by atoms with van der Waals surface area (Å²) in [5.41, 5.74) is 2.12. The summed E-state index contributed by atoms with van der Waals surface area (Å²) in [5, 5.41) is 28.4. The molecule has 0 amide bonds. The minimum atomic E-state index is -0.340. The first-order valence-corrected chi connectivity index (χ1v) is 6.05. The molecule has 0 spiro atoms. The number of aliphatic hydroxyl groups excluding tert-OH is 3. The van der Waals surface area contributed by atoms with Crippen molar-refractivity contribution in [3.05, 3.63) is 11.1 Å². The van der Waals surface area contributed by atoms with Crippen LogP contribution in [0, 0.1) is 5.41 Å². The summed E-state index contributed by atoms with van der Waals surface area (Å²) in [6.45, 7) is 6.00. The molecule has 3 N–H and O–H groups in total. The van der Waals surface area contributed by atoms with Crippen LogP contribution in [0.3, 0.4) is 0 Å². The summed E-state index contributed by atoms with van der Waals surface area (Å²) < 4.78 is 0. The topological polar surface area (TPSA) is 60.7 Å². The lowest BCUT2D eigenvalue weighted by atomic mass is 9.70. The van der Waals surface area contributed by atoms with Gasteiger partial charge in [0.2, 0.25) is 0 Å². The lowest BCUT2D eigenvalue weighted by Gasteiger charge is -2.38. The van der Waals surface area contributed by atoms with Crippen molar-refractivity contribution < 1.29 is 15.3 Å². The highest BCUT2D eigenvalue weighted by atomic mass is 16.3. The highest BCUT2D eigenvalue weighted by Crippen LogP contribution is 2.42. The van der Waals surface area contributed by atoms with Gasteiger partial charge in [-0.2, -0.15) is 0 Å². The SMILES string of the molecule is C[C@@H](O)CCC1=C(CO)C[C@@H](O)CC1(C)C. The van der Waals surface area contributed by atoms with Crippen LogP contribution in [0.4, 0.5) is 0 Å². The first-order valence-electron chi connectivity index (χ1n) is 6.05. The third-order valence-corrected chi connectivity index (χ3v) is 3.47. The van der Waals surface area contributed by atoms with Gasteiger partial charge in [-0.1, -0.05) is 19.4 Å². The normalized spacial score (nSPS) is 27.0. The number of hydrogen-bond acceptors (Lipinski definition) is 3. The van der Waals surface area contributed by atoms with Crippen molar-refractivity contribution in [2.45, 2.75) is 58.7 Å². The maximum atomic E-state index is 9.75. The van der Waals surface area contributed by atoms with Gasteiger partial charge in [-0.15, -0.1) is 0 Å². The lowest BCUT2D eigenvalue weighted by Crippen LogP contribution is -2.31. The summed E-state index contributed by atoms with van der Waals surface area (Å²) in [6.07, 6.45) is 2.20. The molecule has 2 atom stereocenters. The molecule has 16 heavy (non-hydrogen) atoms. The summed E-state index contributed by atoms with van der Waals surface area (Å²) >= 11 is 0. The van der Waals surface area contributed by atoms with E-state index in [4.69, 9.17) is 0 Å². The van der Waals surface area contributed by atoms with Crippen LogP contribution in [-0.2, 0) is 0 Å². The lowest BCUT2D eigenvalue weighted by molar-refractivity contribution is 0.104. The Hall–Kier alpha value is -0.380. The predicted molar refractivity (Wildman–Crippen MR) is 64.0 cm³/mol. The quantitative estimate of drug-likeness (QED) is 0.641. The van der Waals surface area contributed by atoms with Crippen LogP contribution in [0.1, 0.15) is 46.5 Å². The van der Waals surface area contributed by atoms with Crippen molar-refractivity contribution in [1.82, 2.24) is 0 Å². The first-order chi connectivity index (χ1) is 7.36. The van der Waals surface area contributed by atoms with Gasteiger partial charge in [0.05, 0.1) is 18.8 Å². The second-order valence-electron chi connectivity index (χ2n) is 5.57. The van der Waals surface area contributed by atoms with E-state index < -0.39 is 0 Å². The Bertz CT molecular complexity index is 266. The molecule has 94 valence electrons. The fourth-order valence-electron chi connectivity index (χ4n) is 2.70. The molecule has 0 aromatic carbocycles. The molecule has 0 unspecified atom stereocenters. The Labute approximate surface area is 97.8 Å². The molecule has 1 rings (SSSR count). The van der Waals surface area contributed by atoms with E-state index in [1.54, 1.807) is 6.92 Å². The second-order valence-corrected chi connectivity index (χ2v) is 5.57. The van der Waals surface area contributed by atoms with E-state index in [2.05, 4.69) is 13.8 Å². The van der Waals surface area contributed by atoms with Gasteiger partial charge in [0.25, 0.3) is 0 Å². The van der Waals surface area contributed by atoms with Gasteiger partial charge in [-0.3, -0.25) is 0 Å². The molecule has 0 saturated heterocycles. The fourth-order valence-corrected chi connectivity index (χ4v) is 2.70. The van der Waals surface area contributed by atoms with Gasteiger partial charge in [-0.25, -0.2) is 0 Å². The van der Waals surface area contributed by atoms with E-state index in [1.165, 1.54) is 5.57 Å². The van der Waals surface area contributed by atoms with Crippen LogP contribution in [0.15, 0.2) is 11.1 Å². The summed E-state index contributed by atoms with van der Waals surface area (Å²) in [6, 6.07) is 0. The van der Waals surface area contributed by atoms with Gasteiger partial charge >= 0.3 is 0 Å². The minimum Gasteiger partial charge on any atom is -0.393 e. The summed E-state index contributed by atoms with van der Waals surface area (Å²) in [5.74, 6) is 0. The monoisotopic (exact) mass is 228 g/mol. The Kier molecular flexibility index (Phi) is 4.53. The Morgan fingerprint density at radius 3 is 2.56 bits per heavy atom. The van der Waals surface area contributed by atoms with Gasteiger partial charge in [0.1, 0.15) is 0 Å². The van der Waals surface area contributed by atoms with Crippen molar-refractivity contribution in [3.8, 4) is 0 Å². The number of aliphatic hydroxyl groups is 3. The molecule has 1 aliphatic rings. The van der Waals surface area contributed by atoms with Crippen LogP contribution in [-0.4, -0.2) is 34.1 Å². The fraction of sp³-hybridized carbons (Fsp3) is 0.846. The van der Waals surface area contributed by atoms with E-state index in [0.717, 1.165) is 24.8 Å². The molecule has 0 heterocycles. The second kappa shape index (κ2) is 5.30. The minimum absolute atomic E-state index is 0.0234. The third kappa shape index (κ3) is 3.30. The van der Waals surface area contributed by atoms with Crippen LogP contribution in [0.25, 0.3) is 0 Å². The van der Waals surface area contributed by atoms with E-state index in [9.17, 15) is 15.3 Å². The molecule has 0 aromatic heterocycles. The van der Waals surface area contributed by atoms with Gasteiger partial charge in [0.15, 0.2) is 0 Å². The number of hydrogen-bond donors (Lipinski definition) is 3. The van der Waals surface area contributed by atoms with Gasteiger partial charge in [-0.05, 0) is 43.6 Å². The van der Waals surface area contributed by atoms with Crippen molar-refractivity contribution in [1.29, 1.82) is 0 Å². The highest BCUT2D eigenvalue weighted by Gasteiger charge is 2.33. The third-order valence-electron chi connectivity index (χ3n) is 3.47. The average Bonchev–Trinajstić information content (AvgIpc) is 2.13. The van der Waals surface area contributed by atoms with E-state index in [1.807, 2.05) is 0 Å². The largest absolute Gasteiger partial charge is 0.393 e. The molecule has 1 aliphatic carbocycles. The van der Waals surface area contributed by atoms with Crippen LogP contribution < -0.4 is 0 Å². The Balaban J connectivity index is 2.86. The predicted octanol–water partition coefficient (Wildman–Crippen LogP) is 1.62. The standard InChI is InChI=1S/C13H24O3/c1-9(15)4-5-12-10(8-14)6-11(16)7-13(12,2)3/h9,11,14-16H,4-8H2,1-3H3/t9-,11-/m1/s1. The zero-order valence-corrected chi connectivity index (χ0v) is 10.5. The molecule has 0 saturated carbocycles. The molecule has 3 nitrogen and oxygen atoms in total. The molecule has 0 fully saturated rings. The van der Waals surface area contributed by atoms with Crippen molar-refractivity contribution >= 4 is 0 Å². The molecule has 0 aromatic rings. The van der Waals surface area contributed by atoms with Crippen molar-refractivity contribution in [2.24, 2.45) is 5.41 Å². The summed E-state index contributed by atoms with van der Waals surface area (Å²) in [7, 11) is 0. The Morgan fingerprint density at radius 1 is 1.44 bits per heavy atom. The van der Waals surface area contributed by atoms with Gasteiger partial charge < -0.3 is 15.3 Å². The maximum absolute atomic E-state index is 9.75. The molecule has 0 bridgehead atoms.